The minimum Gasteiger partial charge on any atom is -0.497 e. The molecular weight excluding hydrogens is 256 g/mol. The summed E-state index contributed by atoms with van der Waals surface area (Å²) < 4.78 is 8.14. The van der Waals surface area contributed by atoms with Crippen LogP contribution in [0.1, 0.15) is 5.82 Å². The van der Waals surface area contributed by atoms with Crippen LogP contribution in [-0.2, 0) is 0 Å². The maximum atomic E-state index is 5.18. The first-order valence-corrected chi connectivity index (χ1v) is 5.36. The fourth-order valence-corrected chi connectivity index (χ4v) is 2.04. The molecule has 0 atom stereocenters. The average molecular weight is 267 g/mol. The molecule has 0 amide bonds. The average Bonchev–Trinajstić information content (AvgIpc) is 2.59. The third-order valence-electron chi connectivity index (χ3n) is 2.21. The van der Waals surface area contributed by atoms with E-state index in [9.17, 15) is 0 Å². The van der Waals surface area contributed by atoms with Crippen LogP contribution in [0.15, 0.2) is 35.1 Å². The van der Waals surface area contributed by atoms with Crippen LogP contribution in [0.25, 0.3) is 5.69 Å². The maximum absolute atomic E-state index is 5.18. The highest BCUT2D eigenvalue weighted by molar-refractivity contribution is 9.10. The molecule has 2 rings (SSSR count). The van der Waals surface area contributed by atoms with Crippen LogP contribution in [0, 0.1) is 6.92 Å². The zero-order chi connectivity index (χ0) is 10.8. The van der Waals surface area contributed by atoms with Crippen molar-refractivity contribution in [3.8, 4) is 11.4 Å². The normalized spacial score (nSPS) is 10.3. The summed E-state index contributed by atoms with van der Waals surface area (Å²) in [6, 6.07) is 7.87. The molecule has 0 fully saturated rings. The second-order valence-corrected chi connectivity index (χ2v) is 3.98. The van der Waals surface area contributed by atoms with E-state index in [1.807, 2.05) is 35.8 Å². The Morgan fingerprint density at radius 3 is 2.80 bits per heavy atom. The van der Waals surface area contributed by atoms with Crippen molar-refractivity contribution in [2.24, 2.45) is 0 Å². The van der Waals surface area contributed by atoms with Crippen molar-refractivity contribution >= 4 is 15.9 Å². The molecule has 78 valence electrons. The van der Waals surface area contributed by atoms with E-state index in [1.54, 1.807) is 13.3 Å². The van der Waals surface area contributed by atoms with E-state index in [2.05, 4.69) is 20.9 Å². The van der Waals surface area contributed by atoms with Crippen LogP contribution in [-0.4, -0.2) is 16.7 Å². The summed E-state index contributed by atoms with van der Waals surface area (Å²) in [4.78, 5) is 4.22. The molecule has 1 heterocycles. The Bertz CT molecular complexity index is 460. The van der Waals surface area contributed by atoms with E-state index in [1.165, 1.54) is 0 Å². The van der Waals surface area contributed by atoms with E-state index in [0.717, 1.165) is 21.9 Å². The third-order valence-corrected chi connectivity index (χ3v) is 2.77. The smallest absolute Gasteiger partial charge is 0.120 e. The van der Waals surface area contributed by atoms with Gasteiger partial charge < -0.3 is 4.74 Å². The number of aromatic nitrogens is 2. The zero-order valence-electron chi connectivity index (χ0n) is 8.57. The summed E-state index contributed by atoms with van der Waals surface area (Å²) in [5.74, 6) is 1.78. The van der Waals surface area contributed by atoms with Crippen molar-refractivity contribution in [3.63, 3.8) is 0 Å². The van der Waals surface area contributed by atoms with Gasteiger partial charge in [-0.1, -0.05) is 6.07 Å². The minimum absolute atomic E-state index is 0.840. The van der Waals surface area contributed by atoms with Crippen molar-refractivity contribution in [2.75, 3.05) is 7.11 Å². The van der Waals surface area contributed by atoms with Gasteiger partial charge in [-0.25, -0.2) is 4.98 Å². The van der Waals surface area contributed by atoms with Crippen molar-refractivity contribution in [1.29, 1.82) is 0 Å². The fraction of sp³-hybridized carbons (Fsp3) is 0.182. The molecular formula is C11H11BrN2O. The molecule has 4 heteroatoms. The monoisotopic (exact) mass is 266 g/mol. The van der Waals surface area contributed by atoms with Gasteiger partial charge in [-0.3, -0.25) is 4.57 Å². The molecule has 15 heavy (non-hydrogen) atoms. The van der Waals surface area contributed by atoms with Crippen LogP contribution in [0.5, 0.6) is 5.75 Å². The number of nitrogens with zero attached hydrogens (tertiary/aromatic N) is 2. The van der Waals surface area contributed by atoms with Crippen molar-refractivity contribution in [3.05, 3.63) is 40.9 Å². The Balaban J connectivity index is 2.53. The first-order chi connectivity index (χ1) is 7.22. The van der Waals surface area contributed by atoms with Crippen molar-refractivity contribution < 1.29 is 4.74 Å². The molecule has 0 saturated heterocycles. The van der Waals surface area contributed by atoms with Gasteiger partial charge in [0, 0.05) is 6.07 Å². The molecule has 0 N–H and O–H groups in total. The molecule has 0 aliphatic heterocycles. The van der Waals surface area contributed by atoms with Crippen LogP contribution in [0.2, 0.25) is 0 Å². The summed E-state index contributed by atoms with van der Waals surface area (Å²) in [6.07, 6.45) is 1.79. The highest BCUT2D eigenvalue weighted by atomic mass is 79.9. The number of ether oxygens (including phenoxy) is 1. The van der Waals surface area contributed by atoms with Crippen LogP contribution in [0.3, 0.4) is 0 Å². The van der Waals surface area contributed by atoms with Gasteiger partial charge in [0.1, 0.15) is 16.2 Å². The van der Waals surface area contributed by atoms with Crippen molar-refractivity contribution in [1.82, 2.24) is 9.55 Å². The largest absolute Gasteiger partial charge is 0.497 e. The Hall–Kier alpha value is -1.29. The van der Waals surface area contributed by atoms with Gasteiger partial charge in [0.25, 0.3) is 0 Å². The fourth-order valence-electron chi connectivity index (χ4n) is 1.48. The molecule has 2 aromatic rings. The predicted molar refractivity (Wildman–Crippen MR) is 62.6 cm³/mol. The Morgan fingerprint density at radius 2 is 2.20 bits per heavy atom. The van der Waals surface area contributed by atoms with E-state index in [4.69, 9.17) is 4.74 Å². The van der Waals surface area contributed by atoms with Gasteiger partial charge in [-0.05, 0) is 35.0 Å². The SMILES string of the molecule is COc1cccc(-n2c(Br)cnc2C)c1. The van der Waals surface area contributed by atoms with Crippen LogP contribution < -0.4 is 4.74 Å². The van der Waals surface area contributed by atoms with E-state index in [-0.39, 0.29) is 0 Å². The third kappa shape index (κ3) is 1.90. The number of methoxy groups -OCH3 is 1. The number of hydrogen-bond acceptors (Lipinski definition) is 2. The van der Waals surface area contributed by atoms with Gasteiger partial charge in [0.15, 0.2) is 0 Å². The number of benzene rings is 1. The number of hydrogen-bond donors (Lipinski definition) is 0. The lowest BCUT2D eigenvalue weighted by molar-refractivity contribution is 0.414. The topological polar surface area (TPSA) is 27.1 Å². The molecule has 0 spiro atoms. The highest BCUT2D eigenvalue weighted by Gasteiger charge is 2.06. The van der Waals surface area contributed by atoms with E-state index >= 15 is 0 Å². The zero-order valence-corrected chi connectivity index (χ0v) is 10.2. The number of imidazole rings is 1. The van der Waals surface area contributed by atoms with Gasteiger partial charge in [-0.2, -0.15) is 0 Å². The number of rotatable bonds is 2. The lowest BCUT2D eigenvalue weighted by atomic mass is 10.3. The van der Waals surface area contributed by atoms with Crippen molar-refractivity contribution in [2.45, 2.75) is 6.92 Å². The first-order valence-electron chi connectivity index (χ1n) is 4.56. The van der Waals surface area contributed by atoms with Gasteiger partial charge in [0.2, 0.25) is 0 Å². The quantitative estimate of drug-likeness (QED) is 0.836. The predicted octanol–water partition coefficient (Wildman–Crippen LogP) is 2.95. The van der Waals surface area contributed by atoms with Crippen LogP contribution in [0.4, 0.5) is 0 Å². The summed E-state index contributed by atoms with van der Waals surface area (Å²) in [7, 11) is 1.66. The van der Waals surface area contributed by atoms with Gasteiger partial charge in [-0.15, -0.1) is 0 Å². The molecule has 0 aliphatic carbocycles. The first kappa shape index (κ1) is 10.2. The Kier molecular flexibility index (Phi) is 2.77. The van der Waals surface area contributed by atoms with E-state index < -0.39 is 0 Å². The summed E-state index contributed by atoms with van der Waals surface area (Å²) in [5, 5.41) is 0. The summed E-state index contributed by atoms with van der Waals surface area (Å²) in [6.45, 7) is 1.96. The minimum atomic E-state index is 0.840. The Morgan fingerprint density at radius 1 is 1.40 bits per heavy atom. The maximum Gasteiger partial charge on any atom is 0.120 e. The van der Waals surface area contributed by atoms with Gasteiger partial charge >= 0.3 is 0 Å². The lowest BCUT2D eigenvalue weighted by Gasteiger charge is -2.08. The molecule has 1 aromatic carbocycles. The number of halogens is 1. The summed E-state index contributed by atoms with van der Waals surface area (Å²) >= 11 is 3.46. The number of aryl methyl sites for hydroxylation is 1. The molecule has 0 bridgehead atoms. The second kappa shape index (κ2) is 4.06. The molecule has 0 radical (unpaired) electrons. The lowest BCUT2D eigenvalue weighted by Crippen LogP contribution is -1.97. The molecule has 0 saturated carbocycles. The Labute approximate surface area is 96.8 Å². The second-order valence-electron chi connectivity index (χ2n) is 3.17. The molecule has 0 aliphatic rings. The van der Waals surface area contributed by atoms with E-state index in [0.29, 0.717) is 0 Å². The van der Waals surface area contributed by atoms with Gasteiger partial charge in [0.05, 0.1) is 19.0 Å². The molecule has 0 unspecified atom stereocenters. The van der Waals surface area contributed by atoms with Crippen LogP contribution >= 0.6 is 15.9 Å². The summed E-state index contributed by atoms with van der Waals surface area (Å²) in [5.41, 5.74) is 1.04. The standard InChI is InChI=1S/C11H11BrN2O/c1-8-13-7-11(12)14(8)9-4-3-5-10(6-9)15-2/h3-7H,1-2H3. The highest BCUT2D eigenvalue weighted by Crippen LogP contribution is 2.22. The molecule has 1 aromatic heterocycles. The molecule has 3 nitrogen and oxygen atoms in total.